The standard InChI is InChI=1S/C18H25N3O4S2/c1-13-9-14(2)11-21(10-13)27(24,25)16-5-3-15(4-6-16)19-17(22)12-20-7-8-26-18(20)23/h3-6,13-14H,7-12H2,1-2H3,(H,19,22)/t13-,14-/m0/s1. The number of carbonyl (C=O) groups excluding carboxylic acids is 2. The molecule has 0 aromatic heterocycles. The molecule has 2 aliphatic heterocycles. The molecule has 2 amide bonds. The van der Waals surface area contributed by atoms with Crippen molar-refractivity contribution >= 4 is 38.6 Å². The van der Waals surface area contributed by atoms with E-state index < -0.39 is 10.0 Å². The van der Waals surface area contributed by atoms with Crippen LogP contribution in [0.3, 0.4) is 0 Å². The molecule has 0 bridgehead atoms. The lowest BCUT2D eigenvalue weighted by atomic mass is 9.94. The number of carbonyl (C=O) groups is 2. The van der Waals surface area contributed by atoms with Crippen molar-refractivity contribution in [2.45, 2.75) is 25.2 Å². The molecule has 2 saturated heterocycles. The van der Waals surface area contributed by atoms with Gasteiger partial charge in [-0.2, -0.15) is 4.31 Å². The van der Waals surface area contributed by atoms with Gasteiger partial charge in [-0.1, -0.05) is 25.6 Å². The molecule has 27 heavy (non-hydrogen) atoms. The molecule has 0 aliphatic carbocycles. The van der Waals surface area contributed by atoms with Gasteiger partial charge in [0, 0.05) is 31.1 Å². The van der Waals surface area contributed by atoms with E-state index in [1.807, 2.05) is 0 Å². The second kappa shape index (κ2) is 8.20. The monoisotopic (exact) mass is 411 g/mol. The fourth-order valence-electron chi connectivity index (χ4n) is 3.60. The van der Waals surface area contributed by atoms with Gasteiger partial charge in [-0.25, -0.2) is 8.42 Å². The summed E-state index contributed by atoms with van der Waals surface area (Å²) < 4.78 is 27.3. The fourth-order valence-corrected chi connectivity index (χ4v) is 6.11. The number of anilines is 1. The van der Waals surface area contributed by atoms with Crippen LogP contribution in [0.5, 0.6) is 0 Å². The van der Waals surface area contributed by atoms with Crippen molar-refractivity contribution in [3.63, 3.8) is 0 Å². The van der Waals surface area contributed by atoms with Crippen molar-refractivity contribution in [2.24, 2.45) is 11.8 Å². The zero-order valence-corrected chi connectivity index (χ0v) is 17.2. The third-order valence-electron chi connectivity index (χ3n) is 4.79. The Morgan fingerprint density at radius 1 is 1.19 bits per heavy atom. The number of benzene rings is 1. The first-order valence-electron chi connectivity index (χ1n) is 9.07. The minimum absolute atomic E-state index is 0.00936. The molecule has 2 fully saturated rings. The summed E-state index contributed by atoms with van der Waals surface area (Å²) in [7, 11) is -3.53. The first kappa shape index (κ1) is 20.2. The first-order chi connectivity index (χ1) is 12.8. The van der Waals surface area contributed by atoms with E-state index in [1.165, 1.54) is 28.8 Å². The maximum Gasteiger partial charge on any atom is 0.282 e. The molecule has 9 heteroatoms. The highest BCUT2D eigenvalue weighted by molar-refractivity contribution is 8.13. The van der Waals surface area contributed by atoms with Crippen molar-refractivity contribution in [3.8, 4) is 0 Å². The molecule has 2 aliphatic rings. The van der Waals surface area contributed by atoms with E-state index in [-0.39, 0.29) is 22.6 Å². The Morgan fingerprint density at radius 2 is 1.81 bits per heavy atom. The first-order valence-corrected chi connectivity index (χ1v) is 11.5. The van der Waals surface area contributed by atoms with Gasteiger partial charge in [-0.3, -0.25) is 9.59 Å². The average Bonchev–Trinajstić information content (AvgIpc) is 2.99. The molecule has 148 valence electrons. The van der Waals surface area contributed by atoms with Crippen molar-refractivity contribution < 1.29 is 18.0 Å². The van der Waals surface area contributed by atoms with E-state index in [0.717, 1.165) is 6.42 Å². The van der Waals surface area contributed by atoms with Crippen LogP contribution in [0.15, 0.2) is 29.2 Å². The second-order valence-corrected chi connectivity index (χ2v) is 10.4. The number of nitrogens with zero attached hydrogens (tertiary/aromatic N) is 2. The summed E-state index contributed by atoms with van der Waals surface area (Å²) in [6.07, 6.45) is 1.04. The van der Waals surface area contributed by atoms with Crippen LogP contribution in [0.25, 0.3) is 0 Å². The largest absolute Gasteiger partial charge is 0.325 e. The van der Waals surface area contributed by atoms with Crippen LogP contribution in [0, 0.1) is 11.8 Å². The number of hydrogen-bond acceptors (Lipinski definition) is 5. The lowest BCUT2D eigenvalue weighted by Gasteiger charge is -2.34. The quantitative estimate of drug-likeness (QED) is 0.804. The molecule has 1 N–H and O–H groups in total. The topological polar surface area (TPSA) is 86.8 Å². The molecular formula is C18H25N3O4S2. The smallest absolute Gasteiger partial charge is 0.282 e. The number of hydrogen-bond donors (Lipinski definition) is 1. The van der Waals surface area contributed by atoms with Gasteiger partial charge in [-0.15, -0.1) is 0 Å². The molecule has 7 nitrogen and oxygen atoms in total. The van der Waals surface area contributed by atoms with Gasteiger partial charge in [0.25, 0.3) is 5.24 Å². The summed E-state index contributed by atoms with van der Waals surface area (Å²) in [4.78, 5) is 25.4. The minimum atomic E-state index is -3.53. The molecule has 0 radical (unpaired) electrons. The Balaban J connectivity index is 1.64. The second-order valence-electron chi connectivity index (χ2n) is 7.38. The highest BCUT2D eigenvalue weighted by Gasteiger charge is 2.31. The number of sulfonamides is 1. The van der Waals surface area contributed by atoms with E-state index in [9.17, 15) is 18.0 Å². The summed E-state index contributed by atoms with van der Waals surface area (Å²) in [5.41, 5.74) is 0.513. The van der Waals surface area contributed by atoms with Gasteiger partial charge in [0.1, 0.15) is 6.54 Å². The summed E-state index contributed by atoms with van der Waals surface area (Å²) in [5, 5.41) is 2.62. The van der Waals surface area contributed by atoms with Crippen LogP contribution in [-0.2, 0) is 14.8 Å². The number of amides is 2. The number of nitrogens with one attached hydrogen (secondary N) is 1. The summed E-state index contributed by atoms with van der Waals surface area (Å²) >= 11 is 1.21. The van der Waals surface area contributed by atoms with Gasteiger partial charge in [0.05, 0.1) is 4.90 Å². The van der Waals surface area contributed by atoms with Gasteiger partial charge >= 0.3 is 0 Å². The van der Waals surface area contributed by atoms with Crippen molar-refractivity contribution in [1.82, 2.24) is 9.21 Å². The lowest BCUT2D eigenvalue weighted by Crippen LogP contribution is -2.42. The predicted molar refractivity (Wildman–Crippen MR) is 106 cm³/mol. The Bertz CT molecular complexity index is 800. The Morgan fingerprint density at radius 3 is 2.37 bits per heavy atom. The van der Waals surface area contributed by atoms with Gasteiger partial charge in [0.15, 0.2) is 0 Å². The summed E-state index contributed by atoms with van der Waals surface area (Å²) in [6, 6.07) is 6.21. The van der Waals surface area contributed by atoms with Crippen LogP contribution in [-0.4, -0.2) is 60.7 Å². The van der Waals surface area contributed by atoms with Gasteiger partial charge in [0.2, 0.25) is 15.9 Å². The van der Waals surface area contributed by atoms with E-state index >= 15 is 0 Å². The van der Waals surface area contributed by atoms with E-state index in [4.69, 9.17) is 0 Å². The summed E-state index contributed by atoms with van der Waals surface area (Å²) in [6.45, 7) is 5.79. The molecule has 0 unspecified atom stereocenters. The molecular weight excluding hydrogens is 386 g/mol. The van der Waals surface area contributed by atoms with E-state index in [0.29, 0.717) is 42.9 Å². The van der Waals surface area contributed by atoms with Crippen LogP contribution in [0.2, 0.25) is 0 Å². The van der Waals surface area contributed by atoms with Crippen LogP contribution < -0.4 is 5.32 Å². The van der Waals surface area contributed by atoms with Gasteiger partial charge < -0.3 is 10.2 Å². The van der Waals surface area contributed by atoms with E-state index in [1.54, 1.807) is 16.4 Å². The number of piperidine rings is 1. The summed E-state index contributed by atoms with van der Waals surface area (Å²) in [5.74, 6) is 1.09. The van der Waals surface area contributed by atoms with Crippen LogP contribution in [0.1, 0.15) is 20.3 Å². The van der Waals surface area contributed by atoms with Crippen LogP contribution in [0.4, 0.5) is 10.5 Å². The average molecular weight is 412 g/mol. The maximum absolute atomic E-state index is 12.9. The number of rotatable bonds is 5. The molecule has 1 aromatic carbocycles. The zero-order valence-electron chi connectivity index (χ0n) is 15.6. The van der Waals surface area contributed by atoms with E-state index in [2.05, 4.69) is 19.2 Å². The third-order valence-corrected chi connectivity index (χ3v) is 7.53. The molecule has 0 spiro atoms. The third kappa shape index (κ3) is 4.83. The molecule has 3 rings (SSSR count). The minimum Gasteiger partial charge on any atom is -0.325 e. The maximum atomic E-state index is 12.9. The van der Waals surface area contributed by atoms with Crippen molar-refractivity contribution in [2.75, 3.05) is 37.2 Å². The normalized spacial score (nSPS) is 24.2. The number of thioether (sulfide) groups is 1. The Hall–Kier alpha value is -1.58. The SMILES string of the molecule is C[C@H]1C[C@H](C)CN(S(=O)(=O)c2ccc(NC(=O)CN3CCSC3=O)cc2)C1. The Kier molecular flexibility index (Phi) is 6.12. The Labute approximate surface area is 164 Å². The highest BCUT2D eigenvalue weighted by Crippen LogP contribution is 2.27. The lowest BCUT2D eigenvalue weighted by molar-refractivity contribution is -0.116. The van der Waals surface area contributed by atoms with Crippen molar-refractivity contribution in [3.05, 3.63) is 24.3 Å². The molecule has 0 saturated carbocycles. The molecule has 1 aromatic rings. The van der Waals surface area contributed by atoms with Crippen LogP contribution >= 0.6 is 11.8 Å². The fraction of sp³-hybridized carbons (Fsp3) is 0.556. The zero-order chi connectivity index (χ0) is 19.6. The molecule has 2 heterocycles. The highest BCUT2D eigenvalue weighted by atomic mass is 32.2. The molecule has 2 atom stereocenters. The predicted octanol–water partition coefficient (Wildman–Crippen LogP) is 2.46. The van der Waals surface area contributed by atoms with Gasteiger partial charge in [-0.05, 0) is 42.5 Å². The van der Waals surface area contributed by atoms with Crippen molar-refractivity contribution in [1.29, 1.82) is 0 Å².